The van der Waals surface area contributed by atoms with E-state index in [1.54, 1.807) is 6.92 Å². The van der Waals surface area contributed by atoms with Crippen LogP contribution in [0.1, 0.15) is 13.8 Å². The zero-order valence-corrected chi connectivity index (χ0v) is 7.66. The van der Waals surface area contributed by atoms with Crippen molar-refractivity contribution >= 4 is 5.97 Å². The third kappa shape index (κ3) is 4.31. The number of aliphatic hydroxyl groups is 1. The lowest BCUT2D eigenvalue weighted by Gasteiger charge is -2.20. The second kappa shape index (κ2) is 5.97. The maximum atomic E-state index is 10.5. The number of hydrogen-bond donors (Lipinski definition) is 2. The van der Waals surface area contributed by atoms with Gasteiger partial charge in [0.1, 0.15) is 0 Å². The van der Waals surface area contributed by atoms with Gasteiger partial charge in [0.15, 0.2) is 0 Å². The fourth-order valence-corrected chi connectivity index (χ4v) is 0.985. The lowest BCUT2D eigenvalue weighted by Crippen LogP contribution is -2.33. The molecule has 0 spiro atoms. The Morgan fingerprint density at radius 3 is 2.50 bits per heavy atom. The molecule has 4 heteroatoms. The van der Waals surface area contributed by atoms with E-state index in [1.165, 1.54) is 0 Å². The van der Waals surface area contributed by atoms with Crippen LogP contribution in [0.2, 0.25) is 0 Å². The summed E-state index contributed by atoms with van der Waals surface area (Å²) in [4.78, 5) is 12.4. The third-order valence-corrected chi connectivity index (χ3v) is 1.82. The lowest BCUT2D eigenvalue weighted by molar-refractivity contribution is -0.141. The molecule has 4 nitrogen and oxygen atoms in total. The summed E-state index contributed by atoms with van der Waals surface area (Å²) in [6.45, 7) is 5.53. The number of hydrogen-bond acceptors (Lipinski definition) is 3. The number of carboxylic acid groups (broad SMARTS) is 1. The van der Waals surface area contributed by atoms with Crippen molar-refractivity contribution in [3.8, 4) is 0 Å². The van der Waals surface area contributed by atoms with Crippen LogP contribution in [-0.4, -0.2) is 47.3 Å². The van der Waals surface area contributed by atoms with Gasteiger partial charge in [-0.05, 0) is 6.54 Å². The Morgan fingerprint density at radius 1 is 1.58 bits per heavy atom. The van der Waals surface area contributed by atoms with Gasteiger partial charge in [0, 0.05) is 13.1 Å². The summed E-state index contributed by atoms with van der Waals surface area (Å²) in [5.41, 5.74) is 0. The summed E-state index contributed by atoms with van der Waals surface area (Å²) in [6.07, 6.45) is 0. The molecule has 72 valence electrons. The average molecular weight is 175 g/mol. The third-order valence-electron chi connectivity index (χ3n) is 1.82. The number of aliphatic hydroxyl groups excluding tert-OH is 1. The molecule has 0 aromatic carbocycles. The van der Waals surface area contributed by atoms with E-state index >= 15 is 0 Å². The van der Waals surface area contributed by atoms with E-state index in [0.717, 1.165) is 6.54 Å². The molecule has 2 N–H and O–H groups in total. The maximum absolute atomic E-state index is 10.5. The van der Waals surface area contributed by atoms with Crippen LogP contribution in [0.15, 0.2) is 0 Å². The van der Waals surface area contributed by atoms with Crippen molar-refractivity contribution in [3.05, 3.63) is 0 Å². The highest BCUT2D eigenvalue weighted by molar-refractivity contribution is 5.69. The molecule has 0 saturated carbocycles. The number of carbonyl (C=O) groups is 1. The summed E-state index contributed by atoms with van der Waals surface area (Å²) in [6, 6.07) is 0. The van der Waals surface area contributed by atoms with Crippen LogP contribution >= 0.6 is 0 Å². The molecule has 0 aliphatic heterocycles. The highest BCUT2D eigenvalue weighted by Gasteiger charge is 2.14. The average Bonchev–Trinajstić information content (AvgIpc) is 2.03. The summed E-state index contributed by atoms with van der Waals surface area (Å²) in [5.74, 6) is -1.15. The zero-order valence-electron chi connectivity index (χ0n) is 7.66. The number of nitrogens with zero attached hydrogens (tertiary/aromatic N) is 1. The first-order valence-corrected chi connectivity index (χ1v) is 4.17. The maximum Gasteiger partial charge on any atom is 0.307 e. The SMILES string of the molecule is CCN(CCO)CC(C)C(=O)O. The molecule has 0 heterocycles. The molecule has 0 amide bonds. The quantitative estimate of drug-likeness (QED) is 0.597. The van der Waals surface area contributed by atoms with Gasteiger partial charge in [-0.15, -0.1) is 0 Å². The monoisotopic (exact) mass is 175 g/mol. The molecular formula is C8H17NO3. The minimum Gasteiger partial charge on any atom is -0.481 e. The van der Waals surface area contributed by atoms with Gasteiger partial charge in [-0.2, -0.15) is 0 Å². The van der Waals surface area contributed by atoms with Crippen molar-refractivity contribution in [2.24, 2.45) is 5.92 Å². The highest BCUT2D eigenvalue weighted by Crippen LogP contribution is 1.99. The molecule has 12 heavy (non-hydrogen) atoms. The molecule has 0 bridgehead atoms. The van der Waals surface area contributed by atoms with Crippen molar-refractivity contribution in [2.75, 3.05) is 26.2 Å². The van der Waals surface area contributed by atoms with Crippen LogP contribution in [0.3, 0.4) is 0 Å². The molecular weight excluding hydrogens is 158 g/mol. The van der Waals surface area contributed by atoms with Crippen molar-refractivity contribution in [1.82, 2.24) is 4.90 Å². The lowest BCUT2D eigenvalue weighted by atomic mass is 10.2. The number of likely N-dealkylation sites (N-methyl/N-ethyl adjacent to an activating group) is 1. The Hall–Kier alpha value is -0.610. The van der Waals surface area contributed by atoms with Gasteiger partial charge in [-0.3, -0.25) is 4.79 Å². The van der Waals surface area contributed by atoms with Crippen LogP contribution in [0.4, 0.5) is 0 Å². The fourth-order valence-electron chi connectivity index (χ4n) is 0.985. The zero-order chi connectivity index (χ0) is 9.56. The van der Waals surface area contributed by atoms with E-state index < -0.39 is 5.97 Å². The first-order chi connectivity index (χ1) is 5.61. The molecule has 0 fully saturated rings. The van der Waals surface area contributed by atoms with Crippen molar-refractivity contribution < 1.29 is 15.0 Å². The van der Waals surface area contributed by atoms with Crippen molar-refractivity contribution in [3.63, 3.8) is 0 Å². The first kappa shape index (κ1) is 11.4. The molecule has 0 aliphatic rings. The predicted molar refractivity (Wildman–Crippen MR) is 46.0 cm³/mol. The Bertz CT molecular complexity index is 138. The van der Waals surface area contributed by atoms with Crippen LogP contribution in [0.5, 0.6) is 0 Å². The topological polar surface area (TPSA) is 60.8 Å². The molecule has 1 atom stereocenters. The minimum atomic E-state index is -0.786. The van der Waals surface area contributed by atoms with E-state index in [4.69, 9.17) is 10.2 Å². The normalized spacial score (nSPS) is 13.3. The summed E-state index contributed by atoms with van der Waals surface area (Å²) < 4.78 is 0. The van der Waals surface area contributed by atoms with Crippen molar-refractivity contribution in [2.45, 2.75) is 13.8 Å². The van der Waals surface area contributed by atoms with E-state index in [-0.39, 0.29) is 12.5 Å². The second-order valence-electron chi connectivity index (χ2n) is 2.86. The Kier molecular flexibility index (Phi) is 5.66. The van der Waals surface area contributed by atoms with Crippen LogP contribution in [0.25, 0.3) is 0 Å². The summed E-state index contributed by atoms with van der Waals surface area (Å²) >= 11 is 0. The Balaban J connectivity index is 3.76. The smallest absolute Gasteiger partial charge is 0.307 e. The van der Waals surface area contributed by atoms with Gasteiger partial charge in [0.05, 0.1) is 12.5 Å². The van der Waals surface area contributed by atoms with E-state index in [2.05, 4.69) is 0 Å². The van der Waals surface area contributed by atoms with Crippen LogP contribution < -0.4 is 0 Å². The van der Waals surface area contributed by atoms with Gasteiger partial charge in [0.25, 0.3) is 0 Å². The number of rotatable bonds is 6. The largest absolute Gasteiger partial charge is 0.481 e. The first-order valence-electron chi connectivity index (χ1n) is 4.17. The molecule has 0 rings (SSSR count). The summed E-state index contributed by atoms with van der Waals surface area (Å²) in [7, 11) is 0. The minimum absolute atomic E-state index is 0.0835. The molecule has 0 aromatic rings. The standard InChI is InChI=1S/C8H17NO3/c1-3-9(4-5-10)6-7(2)8(11)12/h7,10H,3-6H2,1-2H3,(H,11,12). The number of carboxylic acids is 1. The highest BCUT2D eigenvalue weighted by atomic mass is 16.4. The predicted octanol–water partition coefficient (Wildman–Crippen LogP) is 0.0213. The summed E-state index contributed by atoms with van der Waals surface area (Å²) in [5, 5.41) is 17.2. The molecule has 1 unspecified atom stereocenters. The van der Waals surface area contributed by atoms with E-state index in [1.807, 2.05) is 11.8 Å². The van der Waals surface area contributed by atoms with Gasteiger partial charge < -0.3 is 15.1 Å². The Morgan fingerprint density at radius 2 is 2.17 bits per heavy atom. The van der Waals surface area contributed by atoms with Gasteiger partial charge in [-0.1, -0.05) is 13.8 Å². The van der Waals surface area contributed by atoms with E-state index in [9.17, 15) is 4.79 Å². The molecule has 0 radical (unpaired) electrons. The fraction of sp³-hybridized carbons (Fsp3) is 0.875. The van der Waals surface area contributed by atoms with Gasteiger partial charge in [0.2, 0.25) is 0 Å². The van der Waals surface area contributed by atoms with Gasteiger partial charge >= 0.3 is 5.97 Å². The molecule has 0 saturated heterocycles. The van der Waals surface area contributed by atoms with Crippen molar-refractivity contribution in [1.29, 1.82) is 0 Å². The van der Waals surface area contributed by atoms with E-state index in [0.29, 0.717) is 13.1 Å². The molecule has 0 aromatic heterocycles. The Labute approximate surface area is 72.8 Å². The number of aliphatic carboxylic acids is 1. The molecule has 0 aliphatic carbocycles. The van der Waals surface area contributed by atoms with Gasteiger partial charge in [-0.25, -0.2) is 0 Å². The van der Waals surface area contributed by atoms with Crippen LogP contribution in [0, 0.1) is 5.92 Å². The second-order valence-corrected chi connectivity index (χ2v) is 2.86. The van der Waals surface area contributed by atoms with Crippen LogP contribution in [-0.2, 0) is 4.79 Å².